The van der Waals surface area contributed by atoms with Gasteiger partial charge in [0.25, 0.3) is 0 Å². The van der Waals surface area contributed by atoms with Gasteiger partial charge in [0.15, 0.2) is 5.96 Å². The Morgan fingerprint density at radius 1 is 1.26 bits per heavy atom. The second kappa shape index (κ2) is 11.5. The Morgan fingerprint density at radius 3 is 2.52 bits per heavy atom. The summed E-state index contributed by atoms with van der Waals surface area (Å²) in [4.78, 5) is 24.1. The SMILES string of the molecule is CCNC(=NCCNS(=O)(=O)c1cccnc1)N(C)CC(=O)N(CC)CC. The van der Waals surface area contributed by atoms with Crippen molar-refractivity contribution in [1.29, 1.82) is 0 Å². The van der Waals surface area contributed by atoms with Crippen LogP contribution in [0.2, 0.25) is 0 Å². The predicted octanol–water partition coefficient (Wildman–Crippen LogP) is 0.126. The van der Waals surface area contributed by atoms with E-state index in [0.717, 1.165) is 0 Å². The summed E-state index contributed by atoms with van der Waals surface area (Å²) in [6.45, 7) is 8.36. The number of hydrogen-bond acceptors (Lipinski definition) is 5. The highest BCUT2D eigenvalue weighted by Crippen LogP contribution is 2.04. The molecule has 0 aromatic carbocycles. The molecule has 0 fully saturated rings. The fourth-order valence-electron chi connectivity index (χ4n) is 2.35. The van der Waals surface area contributed by atoms with Gasteiger partial charge in [-0.05, 0) is 32.9 Å². The maximum Gasteiger partial charge on any atom is 0.242 e. The number of amides is 1. The molecule has 9 nitrogen and oxygen atoms in total. The summed E-state index contributed by atoms with van der Waals surface area (Å²) in [5, 5.41) is 3.11. The van der Waals surface area contributed by atoms with Crippen molar-refractivity contribution in [3.05, 3.63) is 24.5 Å². The van der Waals surface area contributed by atoms with E-state index in [0.29, 0.717) is 25.6 Å². The lowest BCUT2D eigenvalue weighted by atomic mass is 10.4. The van der Waals surface area contributed by atoms with Crippen molar-refractivity contribution >= 4 is 21.9 Å². The van der Waals surface area contributed by atoms with Crippen LogP contribution >= 0.6 is 0 Å². The zero-order chi connectivity index (χ0) is 20.3. The molecule has 0 spiro atoms. The number of sulfonamides is 1. The van der Waals surface area contributed by atoms with Gasteiger partial charge in [0.2, 0.25) is 15.9 Å². The third-order valence-electron chi connectivity index (χ3n) is 3.80. The fraction of sp³-hybridized carbons (Fsp3) is 0.588. The Labute approximate surface area is 161 Å². The van der Waals surface area contributed by atoms with Crippen molar-refractivity contribution in [3.63, 3.8) is 0 Å². The molecule has 152 valence electrons. The fourth-order valence-corrected chi connectivity index (χ4v) is 3.34. The number of pyridine rings is 1. The molecule has 0 bridgehead atoms. The molecule has 0 aliphatic heterocycles. The van der Waals surface area contributed by atoms with Crippen LogP contribution in [0, 0.1) is 0 Å². The number of aliphatic imine (C=N–C) groups is 1. The van der Waals surface area contributed by atoms with Gasteiger partial charge < -0.3 is 15.1 Å². The number of rotatable bonds is 10. The number of aromatic nitrogens is 1. The number of likely N-dealkylation sites (N-methyl/N-ethyl adjacent to an activating group) is 2. The Balaban J connectivity index is 2.64. The first-order valence-electron chi connectivity index (χ1n) is 9.02. The minimum atomic E-state index is -3.60. The Hall–Kier alpha value is -2.20. The van der Waals surface area contributed by atoms with Crippen LogP contribution in [0.5, 0.6) is 0 Å². The van der Waals surface area contributed by atoms with Crippen LogP contribution in [0.1, 0.15) is 20.8 Å². The highest BCUT2D eigenvalue weighted by Gasteiger charge is 2.15. The second-order valence-electron chi connectivity index (χ2n) is 5.74. The number of nitrogens with one attached hydrogen (secondary N) is 2. The average molecular weight is 399 g/mol. The minimum absolute atomic E-state index is 0.0189. The van der Waals surface area contributed by atoms with E-state index in [1.54, 1.807) is 22.9 Å². The van der Waals surface area contributed by atoms with Crippen LogP contribution in [0.25, 0.3) is 0 Å². The lowest BCUT2D eigenvalue weighted by molar-refractivity contribution is -0.131. The monoisotopic (exact) mass is 398 g/mol. The van der Waals surface area contributed by atoms with Gasteiger partial charge >= 0.3 is 0 Å². The maximum absolute atomic E-state index is 12.2. The van der Waals surface area contributed by atoms with Crippen LogP contribution in [-0.2, 0) is 14.8 Å². The van der Waals surface area contributed by atoms with Crippen molar-refractivity contribution in [2.75, 3.05) is 46.3 Å². The summed E-state index contributed by atoms with van der Waals surface area (Å²) in [5.74, 6) is 0.573. The molecule has 1 aromatic rings. The Kier molecular flexibility index (Phi) is 9.73. The molecular weight excluding hydrogens is 368 g/mol. The van der Waals surface area contributed by atoms with Crippen LogP contribution < -0.4 is 10.0 Å². The lowest BCUT2D eigenvalue weighted by Gasteiger charge is -2.25. The molecule has 10 heteroatoms. The summed E-state index contributed by atoms with van der Waals surface area (Å²) in [7, 11) is -1.82. The molecular formula is C17H30N6O3S. The standard InChI is InChI=1S/C17H30N6O3S/c1-5-19-17(22(4)14-16(24)23(6-2)7-3)20-11-12-21-27(25,26)15-9-8-10-18-13-15/h8-10,13,21H,5-7,11-12,14H2,1-4H3,(H,19,20). The van der Waals surface area contributed by atoms with Crippen molar-refractivity contribution in [3.8, 4) is 0 Å². The van der Waals surface area contributed by atoms with Crippen molar-refractivity contribution in [2.24, 2.45) is 4.99 Å². The number of guanidine groups is 1. The number of hydrogen-bond donors (Lipinski definition) is 2. The first kappa shape index (κ1) is 22.8. The molecule has 0 saturated heterocycles. The summed E-state index contributed by atoms with van der Waals surface area (Å²) in [6, 6.07) is 3.05. The first-order valence-corrected chi connectivity index (χ1v) is 10.5. The maximum atomic E-state index is 12.2. The Bertz CT molecular complexity index is 705. The van der Waals surface area contributed by atoms with E-state index < -0.39 is 10.0 Å². The van der Waals surface area contributed by atoms with E-state index in [-0.39, 0.29) is 30.4 Å². The quantitative estimate of drug-likeness (QED) is 0.329. The molecule has 0 radical (unpaired) electrons. The van der Waals surface area contributed by atoms with Gasteiger partial charge in [0, 0.05) is 45.6 Å². The topological polar surface area (TPSA) is 107 Å². The molecule has 0 aliphatic rings. The Morgan fingerprint density at radius 2 is 1.96 bits per heavy atom. The third kappa shape index (κ3) is 7.51. The van der Waals surface area contributed by atoms with E-state index in [9.17, 15) is 13.2 Å². The molecule has 27 heavy (non-hydrogen) atoms. The highest BCUT2D eigenvalue weighted by atomic mass is 32.2. The molecule has 2 N–H and O–H groups in total. The molecule has 1 amide bonds. The van der Waals surface area contributed by atoms with E-state index in [4.69, 9.17) is 0 Å². The van der Waals surface area contributed by atoms with E-state index >= 15 is 0 Å². The molecule has 0 unspecified atom stereocenters. The van der Waals surface area contributed by atoms with Gasteiger partial charge in [-0.25, -0.2) is 13.1 Å². The molecule has 0 atom stereocenters. The normalized spacial score (nSPS) is 11.9. The second-order valence-corrected chi connectivity index (χ2v) is 7.51. The zero-order valence-electron chi connectivity index (χ0n) is 16.5. The number of carbonyl (C=O) groups excluding carboxylic acids is 1. The van der Waals surface area contributed by atoms with Crippen LogP contribution in [0.3, 0.4) is 0 Å². The molecule has 0 aliphatic carbocycles. The number of carbonyl (C=O) groups is 1. The van der Waals surface area contributed by atoms with Crippen LogP contribution in [-0.4, -0.2) is 81.4 Å². The summed E-state index contributed by atoms with van der Waals surface area (Å²) < 4.78 is 26.8. The smallest absolute Gasteiger partial charge is 0.242 e. The third-order valence-corrected chi connectivity index (χ3v) is 5.24. The largest absolute Gasteiger partial charge is 0.357 e. The van der Waals surface area contributed by atoms with Crippen LogP contribution in [0.4, 0.5) is 0 Å². The average Bonchev–Trinajstić information content (AvgIpc) is 2.65. The highest BCUT2D eigenvalue weighted by molar-refractivity contribution is 7.89. The van der Waals surface area contributed by atoms with E-state index in [1.165, 1.54) is 18.5 Å². The number of nitrogens with zero attached hydrogens (tertiary/aromatic N) is 4. The van der Waals surface area contributed by atoms with E-state index in [1.807, 2.05) is 20.8 Å². The molecule has 1 aromatic heterocycles. The van der Waals surface area contributed by atoms with Gasteiger partial charge in [-0.1, -0.05) is 0 Å². The lowest BCUT2D eigenvalue weighted by Crippen LogP contribution is -2.46. The predicted molar refractivity (Wildman–Crippen MR) is 106 cm³/mol. The summed E-state index contributed by atoms with van der Waals surface area (Å²) >= 11 is 0. The molecule has 0 saturated carbocycles. The van der Waals surface area contributed by atoms with Gasteiger partial charge in [0.05, 0.1) is 13.1 Å². The molecule has 1 rings (SSSR count). The summed E-state index contributed by atoms with van der Waals surface area (Å²) in [6.07, 6.45) is 2.81. The van der Waals surface area contributed by atoms with Crippen molar-refractivity contribution in [2.45, 2.75) is 25.7 Å². The van der Waals surface area contributed by atoms with Gasteiger partial charge in [-0.2, -0.15) is 0 Å². The minimum Gasteiger partial charge on any atom is -0.357 e. The van der Waals surface area contributed by atoms with Gasteiger partial charge in [0.1, 0.15) is 4.90 Å². The summed E-state index contributed by atoms with van der Waals surface area (Å²) in [5.41, 5.74) is 0. The zero-order valence-corrected chi connectivity index (χ0v) is 17.3. The van der Waals surface area contributed by atoms with Crippen LogP contribution in [0.15, 0.2) is 34.4 Å². The first-order chi connectivity index (χ1) is 12.9. The molecule has 1 heterocycles. The van der Waals surface area contributed by atoms with Gasteiger partial charge in [-0.3, -0.25) is 14.8 Å². The van der Waals surface area contributed by atoms with Crippen molar-refractivity contribution in [1.82, 2.24) is 24.8 Å². The van der Waals surface area contributed by atoms with Crippen molar-refractivity contribution < 1.29 is 13.2 Å². The van der Waals surface area contributed by atoms with Gasteiger partial charge in [-0.15, -0.1) is 0 Å². The van der Waals surface area contributed by atoms with E-state index in [2.05, 4.69) is 20.0 Å².